The summed E-state index contributed by atoms with van der Waals surface area (Å²) in [7, 11) is 1.38. The molecule has 0 aliphatic carbocycles. The number of ketones is 1. The average molecular weight is 382 g/mol. The molecule has 0 bridgehead atoms. The molecule has 0 saturated carbocycles. The Morgan fingerprint density at radius 2 is 1.46 bits per heavy atom. The maximum Gasteiger partial charge on any atom is 0.306 e. The minimum Gasteiger partial charge on any atom is -0.469 e. The molecular weight excluding hydrogens is 350 g/mol. The number of hydrogen-bond donors (Lipinski definition) is 0. The van der Waals surface area contributed by atoms with E-state index >= 15 is 0 Å². The summed E-state index contributed by atoms with van der Waals surface area (Å²) in [6.45, 7) is 3.81. The Hall–Kier alpha value is -2.46. The number of hydrogen-bond acceptors (Lipinski definition) is 4. The summed E-state index contributed by atoms with van der Waals surface area (Å²) < 4.78 is 4.80. The van der Waals surface area contributed by atoms with Crippen molar-refractivity contribution in [2.75, 3.05) is 13.7 Å². The third-order valence-corrected chi connectivity index (χ3v) is 4.88. The first-order chi connectivity index (χ1) is 13.6. The highest BCUT2D eigenvalue weighted by Crippen LogP contribution is 2.18. The van der Waals surface area contributed by atoms with Gasteiger partial charge < -0.3 is 4.74 Å². The van der Waals surface area contributed by atoms with Crippen molar-refractivity contribution in [2.45, 2.75) is 45.7 Å². The fourth-order valence-corrected chi connectivity index (χ4v) is 3.31. The van der Waals surface area contributed by atoms with Gasteiger partial charge in [0.05, 0.1) is 20.1 Å². The normalized spacial score (nSPS) is 12.0. The van der Waals surface area contributed by atoms with Gasteiger partial charge in [-0.3, -0.25) is 14.5 Å². The Bertz CT molecular complexity index is 674. The van der Waals surface area contributed by atoms with Crippen molar-refractivity contribution in [3.63, 3.8) is 0 Å². The van der Waals surface area contributed by atoms with Crippen LogP contribution in [0, 0.1) is 5.92 Å². The van der Waals surface area contributed by atoms with Gasteiger partial charge in [-0.15, -0.1) is 0 Å². The molecule has 0 N–H and O–H groups in total. The van der Waals surface area contributed by atoms with Crippen LogP contribution in [-0.2, 0) is 27.4 Å². The van der Waals surface area contributed by atoms with Crippen LogP contribution in [0.5, 0.6) is 0 Å². The van der Waals surface area contributed by atoms with Crippen LogP contribution in [0.4, 0.5) is 0 Å². The number of methoxy groups -OCH3 is 1. The van der Waals surface area contributed by atoms with Crippen molar-refractivity contribution >= 4 is 11.8 Å². The zero-order valence-corrected chi connectivity index (χ0v) is 17.0. The number of unbranched alkanes of at least 4 members (excludes halogenated alkanes) is 1. The molecule has 4 nitrogen and oxygen atoms in total. The summed E-state index contributed by atoms with van der Waals surface area (Å²) in [5, 5.41) is 0. The molecule has 0 aliphatic rings. The standard InChI is InChI=1S/C24H31NO3/c1-3-4-15-22(16-24(27)28-2)23(26)19-25(17-20-11-7-5-8-12-20)18-21-13-9-6-10-14-21/h5-14,22H,3-4,15-19H2,1-2H3/t22-/m1/s1. The lowest BCUT2D eigenvalue weighted by atomic mass is 9.93. The number of ether oxygens (including phenoxy) is 1. The molecule has 0 aliphatic heterocycles. The van der Waals surface area contributed by atoms with Gasteiger partial charge in [0.15, 0.2) is 5.78 Å². The van der Waals surface area contributed by atoms with Gasteiger partial charge >= 0.3 is 5.97 Å². The van der Waals surface area contributed by atoms with E-state index < -0.39 is 0 Å². The maximum atomic E-state index is 13.0. The van der Waals surface area contributed by atoms with E-state index in [0.717, 1.165) is 19.3 Å². The van der Waals surface area contributed by atoms with E-state index in [1.165, 1.54) is 18.2 Å². The Morgan fingerprint density at radius 1 is 0.929 bits per heavy atom. The smallest absolute Gasteiger partial charge is 0.306 e. The molecule has 0 aromatic heterocycles. The average Bonchev–Trinajstić information content (AvgIpc) is 2.72. The first-order valence-corrected chi connectivity index (χ1v) is 10.0. The topological polar surface area (TPSA) is 46.6 Å². The molecule has 4 heteroatoms. The van der Waals surface area contributed by atoms with Crippen LogP contribution >= 0.6 is 0 Å². The number of esters is 1. The van der Waals surface area contributed by atoms with Crippen molar-refractivity contribution in [1.82, 2.24) is 4.90 Å². The Morgan fingerprint density at radius 3 is 1.93 bits per heavy atom. The van der Waals surface area contributed by atoms with Gasteiger partial charge in [0.1, 0.15) is 0 Å². The number of carbonyl (C=O) groups is 2. The minimum absolute atomic E-state index is 0.116. The largest absolute Gasteiger partial charge is 0.469 e. The van der Waals surface area contributed by atoms with E-state index in [1.807, 2.05) is 36.4 Å². The van der Waals surface area contributed by atoms with Crippen LogP contribution < -0.4 is 0 Å². The van der Waals surface area contributed by atoms with Gasteiger partial charge in [0.2, 0.25) is 0 Å². The molecule has 2 aromatic carbocycles. The highest BCUT2D eigenvalue weighted by molar-refractivity contribution is 5.86. The lowest BCUT2D eigenvalue weighted by Crippen LogP contribution is -2.33. The lowest BCUT2D eigenvalue weighted by molar-refractivity contribution is -0.144. The summed E-state index contributed by atoms with van der Waals surface area (Å²) in [6, 6.07) is 20.3. The number of Topliss-reactive ketones (excluding diaryl/α,β-unsaturated/α-hetero) is 1. The molecule has 2 rings (SSSR count). The molecule has 1 atom stereocenters. The molecule has 28 heavy (non-hydrogen) atoms. The molecule has 0 heterocycles. The molecule has 0 amide bonds. The third kappa shape index (κ3) is 7.65. The summed E-state index contributed by atoms with van der Waals surface area (Å²) >= 11 is 0. The van der Waals surface area contributed by atoms with Crippen molar-refractivity contribution in [1.29, 1.82) is 0 Å². The van der Waals surface area contributed by atoms with E-state index in [2.05, 4.69) is 36.1 Å². The summed E-state index contributed by atoms with van der Waals surface area (Å²) in [5.41, 5.74) is 2.34. The summed E-state index contributed by atoms with van der Waals surface area (Å²) in [5.74, 6) is -0.473. The SMILES string of the molecule is CCCC[C@H](CC(=O)OC)C(=O)CN(Cc1ccccc1)Cc1ccccc1. The second-order valence-electron chi connectivity index (χ2n) is 7.20. The quantitative estimate of drug-likeness (QED) is 0.503. The number of rotatable bonds is 12. The molecule has 0 saturated heterocycles. The molecule has 2 aromatic rings. The second kappa shape index (κ2) is 12.1. The molecule has 0 unspecified atom stereocenters. The van der Waals surface area contributed by atoms with E-state index in [0.29, 0.717) is 19.6 Å². The van der Waals surface area contributed by atoms with Crippen molar-refractivity contribution in [2.24, 2.45) is 5.92 Å². The Labute approximate surface area is 168 Å². The van der Waals surface area contributed by atoms with Gasteiger partial charge in [0.25, 0.3) is 0 Å². The van der Waals surface area contributed by atoms with Crippen molar-refractivity contribution in [3.05, 3.63) is 71.8 Å². The second-order valence-corrected chi connectivity index (χ2v) is 7.20. The van der Waals surface area contributed by atoms with Crippen LogP contribution in [0.1, 0.15) is 43.7 Å². The number of nitrogens with zero attached hydrogens (tertiary/aromatic N) is 1. The Kier molecular flexibility index (Phi) is 9.43. The molecule has 0 fully saturated rings. The van der Waals surface area contributed by atoms with E-state index in [1.54, 1.807) is 0 Å². The zero-order valence-electron chi connectivity index (χ0n) is 17.0. The van der Waals surface area contributed by atoms with E-state index in [9.17, 15) is 9.59 Å². The highest BCUT2D eigenvalue weighted by Gasteiger charge is 2.24. The van der Waals surface area contributed by atoms with Gasteiger partial charge in [-0.25, -0.2) is 0 Å². The minimum atomic E-state index is -0.313. The first-order valence-electron chi connectivity index (χ1n) is 10.0. The van der Waals surface area contributed by atoms with E-state index in [4.69, 9.17) is 4.74 Å². The zero-order chi connectivity index (χ0) is 20.2. The summed E-state index contributed by atoms with van der Waals surface area (Å²) in [4.78, 5) is 27.0. The number of benzene rings is 2. The predicted molar refractivity (Wildman–Crippen MR) is 112 cm³/mol. The van der Waals surface area contributed by atoms with Crippen molar-refractivity contribution in [3.8, 4) is 0 Å². The van der Waals surface area contributed by atoms with Gasteiger partial charge in [0, 0.05) is 19.0 Å². The number of carbonyl (C=O) groups excluding carboxylic acids is 2. The third-order valence-electron chi connectivity index (χ3n) is 4.88. The van der Waals surface area contributed by atoms with Crippen LogP contribution in [0.15, 0.2) is 60.7 Å². The molecular formula is C24H31NO3. The van der Waals surface area contributed by atoms with Gasteiger partial charge in [-0.2, -0.15) is 0 Å². The summed E-state index contributed by atoms with van der Waals surface area (Å²) in [6.07, 6.45) is 2.84. The predicted octanol–water partition coefficient (Wildman–Crippen LogP) is 4.63. The van der Waals surface area contributed by atoms with Crippen LogP contribution in [0.3, 0.4) is 0 Å². The Balaban J connectivity index is 2.11. The van der Waals surface area contributed by atoms with Gasteiger partial charge in [-0.05, 0) is 17.5 Å². The van der Waals surface area contributed by atoms with Gasteiger partial charge in [-0.1, -0.05) is 80.4 Å². The maximum absolute atomic E-state index is 13.0. The fourth-order valence-electron chi connectivity index (χ4n) is 3.31. The molecule has 0 spiro atoms. The highest BCUT2D eigenvalue weighted by atomic mass is 16.5. The lowest BCUT2D eigenvalue weighted by Gasteiger charge is -2.24. The molecule has 150 valence electrons. The first kappa shape index (κ1) is 21.8. The van der Waals surface area contributed by atoms with Crippen LogP contribution in [0.25, 0.3) is 0 Å². The van der Waals surface area contributed by atoms with Crippen LogP contribution in [-0.4, -0.2) is 30.3 Å². The molecule has 0 radical (unpaired) electrons. The van der Waals surface area contributed by atoms with Crippen LogP contribution in [0.2, 0.25) is 0 Å². The fraction of sp³-hybridized carbons (Fsp3) is 0.417. The van der Waals surface area contributed by atoms with Crippen molar-refractivity contribution < 1.29 is 14.3 Å². The monoisotopic (exact) mass is 381 g/mol. The van der Waals surface area contributed by atoms with E-state index in [-0.39, 0.29) is 24.1 Å².